The SMILES string of the molecule is CC(C)NCC1CCCC1Cc1ccc(F)cc1Cl. The van der Waals surface area contributed by atoms with Crippen molar-refractivity contribution in [3.8, 4) is 0 Å². The lowest BCUT2D eigenvalue weighted by atomic mass is 9.89. The Morgan fingerprint density at radius 3 is 2.74 bits per heavy atom. The Morgan fingerprint density at radius 2 is 2.05 bits per heavy atom. The van der Waals surface area contributed by atoms with E-state index in [4.69, 9.17) is 11.6 Å². The van der Waals surface area contributed by atoms with Gasteiger partial charge >= 0.3 is 0 Å². The minimum absolute atomic E-state index is 0.252. The molecule has 1 nitrogen and oxygen atoms in total. The Balaban J connectivity index is 1.97. The van der Waals surface area contributed by atoms with Crippen molar-refractivity contribution in [1.82, 2.24) is 5.32 Å². The van der Waals surface area contributed by atoms with Crippen molar-refractivity contribution < 1.29 is 4.39 Å². The molecule has 1 aliphatic rings. The van der Waals surface area contributed by atoms with Crippen LogP contribution in [-0.4, -0.2) is 12.6 Å². The minimum atomic E-state index is -0.252. The summed E-state index contributed by atoms with van der Waals surface area (Å²) in [5, 5.41) is 4.11. The molecule has 2 unspecified atom stereocenters. The van der Waals surface area contributed by atoms with E-state index >= 15 is 0 Å². The summed E-state index contributed by atoms with van der Waals surface area (Å²) in [5.74, 6) is 1.15. The fourth-order valence-corrected chi connectivity index (χ4v) is 3.25. The van der Waals surface area contributed by atoms with Crippen LogP contribution in [0.5, 0.6) is 0 Å². The van der Waals surface area contributed by atoms with Gasteiger partial charge in [-0.15, -0.1) is 0 Å². The van der Waals surface area contributed by atoms with Crippen LogP contribution in [0.4, 0.5) is 4.39 Å². The second-order valence-corrected chi connectivity index (χ2v) is 6.36. The van der Waals surface area contributed by atoms with Crippen LogP contribution in [0, 0.1) is 17.7 Å². The van der Waals surface area contributed by atoms with E-state index in [1.165, 1.54) is 31.4 Å². The number of nitrogens with one attached hydrogen (secondary N) is 1. The summed E-state index contributed by atoms with van der Waals surface area (Å²) in [7, 11) is 0. The molecular weight excluding hydrogens is 261 g/mol. The minimum Gasteiger partial charge on any atom is -0.314 e. The van der Waals surface area contributed by atoms with Crippen LogP contribution in [0.25, 0.3) is 0 Å². The monoisotopic (exact) mass is 283 g/mol. The number of hydrogen-bond donors (Lipinski definition) is 1. The summed E-state index contributed by atoms with van der Waals surface area (Å²) in [6.07, 6.45) is 4.83. The van der Waals surface area contributed by atoms with E-state index in [-0.39, 0.29) is 5.82 Å². The lowest BCUT2D eigenvalue weighted by Crippen LogP contribution is -2.31. The normalized spacial score (nSPS) is 23.2. The molecular formula is C16H23ClFN. The molecule has 1 aliphatic carbocycles. The van der Waals surface area contributed by atoms with E-state index in [2.05, 4.69) is 19.2 Å². The molecule has 3 heteroatoms. The first-order chi connectivity index (χ1) is 9.06. The van der Waals surface area contributed by atoms with Gasteiger partial charge in [-0.05, 0) is 55.3 Å². The van der Waals surface area contributed by atoms with E-state index in [9.17, 15) is 4.39 Å². The van der Waals surface area contributed by atoms with Crippen LogP contribution in [0.15, 0.2) is 18.2 Å². The first-order valence-corrected chi connectivity index (χ1v) is 7.61. The molecule has 0 amide bonds. The molecule has 1 N–H and O–H groups in total. The maximum absolute atomic E-state index is 13.1. The van der Waals surface area contributed by atoms with Crippen molar-refractivity contribution in [3.05, 3.63) is 34.6 Å². The molecule has 0 saturated heterocycles. The molecule has 1 saturated carbocycles. The molecule has 0 aliphatic heterocycles. The van der Waals surface area contributed by atoms with Gasteiger partial charge in [0.25, 0.3) is 0 Å². The predicted octanol–water partition coefficient (Wildman–Crippen LogP) is 4.44. The average molecular weight is 284 g/mol. The number of hydrogen-bond acceptors (Lipinski definition) is 1. The quantitative estimate of drug-likeness (QED) is 0.843. The molecule has 0 spiro atoms. The highest BCUT2D eigenvalue weighted by atomic mass is 35.5. The zero-order valence-corrected chi connectivity index (χ0v) is 12.5. The lowest BCUT2D eigenvalue weighted by molar-refractivity contribution is 0.354. The Kier molecular flexibility index (Phi) is 5.23. The summed E-state index contributed by atoms with van der Waals surface area (Å²) in [6, 6.07) is 5.31. The molecule has 1 fully saturated rings. The third-order valence-corrected chi connectivity index (χ3v) is 4.45. The summed E-state index contributed by atoms with van der Waals surface area (Å²) < 4.78 is 13.1. The number of halogens is 2. The molecule has 1 aromatic rings. The van der Waals surface area contributed by atoms with Gasteiger partial charge in [-0.1, -0.05) is 37.9 Å². The first kappa shape index (κ1) is 14.8. The third kappa shape index (κ3) is 4.19. The Bertz CT molecular complexity index is 419. The van der Waals surface area contributed by atoms with Gasteiger partial charge in [0.2, 0.25) is 0 Å². The van der Waals surface area contributed by atoms with Crippen LogP contribution in [0.1, 0.15) is 38.7 Å². The van der Waals surface area contributed by atoms with Crippen molar-refractivity contribution in [2.45, 2.75) is 45.6 Å². The summed E-state index contributed by atoms with van der Waals surface area (Å²) in [6.45, 7) is 5.45. The highest BCUT2D eigenvalue weighted by Gasteiger charge is 2.27. The molecule has 106 valence electrons. The van der Waals surface area contributed by atoms with Gasteiger partial charge in [-0.3, -0.25) is 0 Å². The lowest BCUT2D eigenvalue weighted by Gasteiger charge is -2.22. The second-order valence-electron chi connectivity index (χ2n) is 5.95. The highest BCUT2D eigenvalue weighted by Crippen LogP contribution is 2.35. The zero-order chi connectivity index (χ0) is 13.8. The highest BCUT2D eigenvalue weighted by molar-refractivity contribution is 6.31. The standard InChI is InChI=1S/C16H23ClFN/c1-11(2)19-10-14-5-3-4-12(14)8-13-6-7-15(18)9-16(13)17/h6-7,9,11-12,14,19H,3-5,8,10H2,1-2H3. The maximum atomic E-state index is 13.1. The van der Waals surface area contributed by atoms with Crippen molar-refractivity contribution in [2.75, 3.05) is 6.54 Å². The molecule has 0 radical (unpaired) electrons. The number of rotatable bonds is 5. The van der Waals surface area contributed by atoms with E-state index in [1.807, 2.05) is 6.07 Å². The van der Waals surface area contributed by atoms with Crippen LogP contribution >= 0.6 is 11.6 Å². The summed E-state index contributed by atoms with van der Waals surface area (Å²) in [5.41, 5.74) is 1.09. The van der Waals surface area contributed by atoms with E-state index in [0.717, 1.165) is 24.4 Å². The maximum Gasteiger partial charge on any atom is 0.124 e. The van der Waals surface area contributed by atoms with Crippen LogP contribution < -0.4 is 5.32 Å². The summed E-state index contributed by atoms with van der Waals surface area (Å²) >= 11 is 6.13. The van der Waals surface area contributed by atoms with Crippen molar-refractivity contribution >= 4 is 11.6 Å². The average Bonchev–Trinajstić information content (AvgIpc) is 2.77. The van der Waals surface area contributed by atoms with Gasteiger partial charge in [0.1, 0.15) is 5.82 Å². The zero-order valence-electron chi connectivity index (χ0n) is 11.8. The smallest absolute Gasteiger partial charge is 0.124 e. The van der Waals surface area contributed by atoms with Gasteiger partial charge in [0, 0.05) is 11.1 Å². The van der Waals surface area contributed by atoms with Gasteiger partial charge in [-0.2, -0.15) is 0 Å². The van der Waals surface area contributed by atoms with Crippen molar-refractivity contribution in [2.24, 2.45) is 11.8 Å². The Labute approximate surface area is 120 Å². The predicted molar refractivity (Wildman–Crippen MR) is 79.1 cm³/mol. The van der Waals surface area contributed by atoms with Gasteiger partial charge < -0.3 is 5.32 Å². The van der Waals surface area contributed by atoms with Crippen molar-refractivity contribution in [3.63, 3.8) is 0 Å². The largest absolute Gasteiger partial charge is 0.314 e. The van der Waals surface area contributed by atoms with Crippen LogP contribution in [0.2, 0.25) is 5.02 Å². The second kappa shape index (κ2) is 6.71. The molecule has 0 aromatic heterocycles. The molecule has 0 bridgehead atoms. The molecule has 2 atom stereocenters. The van der Waals surface area contributed by atoms with E-state index < -0.39 is 0 Å². The topological polar surface area (TPSA) is 12.0 Å². The fraction of sp³-hybridized carbons (Fsp3) is 0.625. The molecule has 0 heterocycles. The van der Waals surface area contributed by atoms with Gasteiger partial charge in [0.15, 0.2) is 0 Å². The van der Waals surface area contributed by atoms with E-state index in [1.54, 1.807) is 0 Å². The van der Waals surface area contributed by atoms with Gasteiger partial charge in [-0.25, -0.2) is 4.39 Å². The van der Waals surface area contributed by atoms with Gasteiger partial charge in [0.05, 0.1) is 0 Å². The third-order valence-electron chi connectivity index (χ3n) is 4.10. The fourth-order valence-electron chi connectivity index (χ4n) is 3.01. The molecule has 1 aromatic carbocycles. The van der Waals surface area contributed by atoms with E-state index in [0.29, 0.717) is 17.0 Å². The molecule has 19 heavy (non-hydrogen) atoms. The molecule has 2 rings (SSSR count). The number of benzene rings is 1. The van der Waals surface area contributed by atoms with Crippen LogP contribution in [-0.2, 0) is 6.42 Å². The first-order valence-electron chi connectivity index (χ1n) is 7.23. The Morgan fingerprint density at radius 1 is 1.32 bits per heavy atom. The van der Waals surface area contributed by atoms with Crippen LogP contribution in [0.3, 0.4) is 0 Å². The Hall–Kier alpha value is -0.600. The van der Waals surface area contributed by atoms with Crippen molar-refractivity contribution in [1.29, 1.82) is 0 Å². The summed E-state index contributed by atoms with van der Waals surface area (Å²) in [4.78, 5) is 0.